The third-order valence-corrected chi connectivity index (χ3v) is 31.0. The second kappa shape index (κ2) is 47.0. The standard InChI is InChI=1S/C24H26N6.2C23H25N5O.2C23H25N5S/c25-14-21-18(8-5-12-26-21)15-30(16-23-28-19-9-1-2-10-20(19)29-23)22-11-3-6-17-7-4-13-27-24(17)22;24-13-17-10-12-29-21(17)14-28(15-22-26-18-7-1-2-8-19(18)27-22)20-9-3-5-16-6-4-11-25-23(16)20;24-11-17-14-29-15-18(17)12-28(13-22-26-19-7-1-2-8-20(19)27-22)21-9-3-5-16-6-4-10-25-23(16)21;24-13-21-17(10-12-29-21)14-28(15-22-26-18-7-1-2-8-19(18)27-22)20-9-3-5-16-6-4-11-25-23(16)20;24-11-17-14-29-15-18(17)12-28(13-22-26-19-7-1-2-8-20(19)27-22)21-9-3-5-16-6-4-10-25-23(16)21/h1-2,4-5,7-10,12-13,22H,3,6,11,14-16,25H2,(H,28,29);1-2,4,6-8,10-12,20H,3,5,9,13-15,24H2,(H,26,27);1-2,4,6-8,10,14-15,21H,3,5,9,11-13,24H2,(H,26,27);1-2,4,6-8,10-12,20H,3,5,9,13-15,24H2,(H,26,27);1-2,4,6-8,10,14-15,21H,3,5,9,11-13,24H2,(H,26,27). The Bertz CT molecular complexity index is 6820. The first-order valence-electron chi connectivity index (χ1n) is 51.3. The van der Waals surface area contributed by atoms with Gasteiger partial charge in [-0.05, 0) is 272 Å². The summed E-state index contributed by atoms with van der Waals surface area (Å²) >= 11 is 3.47. The topological polar surface area (TPSA) is 393 Å². The van der Waals surface area contributed by atoms with Crippen molar-refractivity contribution in [2.75, 3.05) is 0 Å². The van der Waals surface area contributed by atoms with E-state index in [1.54, 1.807) is 35.2 Å². The first kappa shape index (κ1) is 98.0. The van der Waals surface area contributed by atoms with Gasteiger partial charge in [0.15, 0.2) is 0 Å². The first-order chi connectivity index (χ1) is 72.1. The molecule has 15 aromatic heterocycles. The summed E-state index contributed by atoms with van der Waals surface area (Å²) in [5.74, 6) is 5.81. The van der Waals surface area contributed by atoms with Crippen molar-refractivity contribution in [3.05, 3.63) is 419 Å². The normalized spacial score (nSPS) is 16.4. The summed E-state index contributed by atoms with van der Waals surface area (Å²) in [7, 11) is 0. The number of fused-ring (bicyclic) bond motifs is 10. The lowest BCUT2D eigenvalue weighted by Crippen LogP contribution is -2.32. The largest absolute Gasteiger partial charge is 0.472 e. The van der Waals surface area contributed by atoms with Crippen LogP contribution in [0.5, 0.6) is 0 Å². The zero-order valence-electron chi connectivity index (χ0n) is 82.3. The highest BCUT2D eigenvalue weighted by Crippen LogP contribution is 2.43. The average Bonchev–Trinajstić information content (AvgIpc) is 1.48. The lowest BCUT2D eigenvalue weighted by atomic mass is 9.90. The minimum Gasteiger partial charge on any atom is -0.472 e. The Morgan fingerprint density at radius 1 is 0.288 bits per heavy atom. The zero-order valence-corrected chi connectivity index (χ0v) is 84.0. The van der Waals surface area contributed by atoms with Crippen LogP contribution in [-0.4, -0.2) is 104 Å². The van der Waals surface area contributed by atoms with Gasteiger partial charge in [0.25, 0.3) is 0 Å². The van der Waals surface area contributed by atoms with Crippen LogP contribution in [0, 0.1) is 0 Å². The van der Waals surface area contributed by atoms with Crippen molar-refractivity contribution < 1.29 is 8.83 Å². The van der Waals surface area contributed by atoms with Gasteiger partial charge in [-0.15, -0.1) is 11.3 Å². The fourth-order valence-corrected chi connectivity index (χ4v) is 23.7. The number of H-pyrrole nitrogens is 5. The summed E-state index contributed by atoms with van der Waals surface area (Å²) in [6.07, 6.45) is 33.5. The summed E-state index contributed by atoms with van der Waals surface area (Å²) in [4.78, 5) is 83.5. The molecule has 0 radical (unpaired) electrons. The van der Waals surface area contributed by atoms with E-state index >= 15 is 0 Å². The lowest BCUT2D eigenvalue weighted by Gasteiger charge is -2.35. The van der Waals surface area contributed by atoms with Crippen LogP contribution in [0.25, 0.3) is 55.2 Å². The van der Waals surface area contributed by atoms with E-state index in [4.69, 9.17) is 87.3 Å². The number of aromatic amines is 5. The van der Waals surface area contributed by atoms with Gasteiger partial charge in [0.2, 0.25) is 0 Å². The molecule has 0 saturated heterocycles. The minimum atomic E-state index is 0.226. The van der Waals surface area contributed by atoms with Crippen molar-refractivity contribution in [2.24, 2.45) is 28.7 Å². The van der Waals surface area contributed by atoms with Gasteiger partial charge in [-0.25, -0.2) is 24.9 Å². The fraction of sp³-hybridized carbons (Fsp3) is 0.302. The van der Waals surface area contributed by atoms with Crippen molar-refractivity contribution in [3.63, 3.8) is 0 Å². The second-order valence-corrected chi connectivity index (χ2v) is 40.3. The molecule has 5 aliphatic carbocycles. The molecule has 15 heterocycles. The Hall–Kier alpha value is -14.1. The molecule has 5 aromatic carbocycles. The van der Waals surface area contributed by atoms with Gasteiger partial charge in [0.1, 0.15) is 34.9 Å². The number of aryl methyl sites for hydroxylation is 5. The molecule has 0 fully saturated rings. The molecule has 28 nitrogen and oxygen atoms in total. The third-order valence-electron chi connectivity index (χ3n) is 29.2. The van der Waals surface area contributed by atoms with E-state index in [0.717, 1.165) is 235 Å². The molecular formula is C116H126N26O2S2. The maximum absolute atomic E-state index is 5.99. The summed E-state index contributed by atoms with van der Waals surface area (Å²) in [6, 6.07) is 71.8. The van der Waals surface area contributed by atoms with Crippen LogP contribution in [0.2, 0.25) is 0 Å². The van der Waals surface area contributed by atoms with Crippen LogP contribution in [0.4, 0.5) is 0 Å². The number of nitrogens with zero attached hydrogens (tertiary/aromatic N) is 16. The monoisotopic (exact) mass is 1980 g/mol. The molecule has 5 unspecified atom stereocenters. The zero-order chi connectivity index (χ0) is 98.9. The quantitative estimate of drug-likeness (QED) is 0.0200. The Kier molecular flexibility index (Phi) is 31.5. The molecule has 0 spiro atoms. The predicted octanol–water partition coefficient (Wildman–Crippen LogP) is 21.2. The minimum absolute atomic E-state index is 0.226. The molecule has 0 saturated carbocycles. The molecule has 146 heavy (non-hydrogen) atoms. The van der Waals surface area contributed by atoms with Crippen LogP contribution in [0.3, 0.4) is 0 Å². The number of hydrogen-bond donors (Lipinski definition) is 10. The number of rotatable bonds is 30. The van der Waals surface area contributed by atoms with Crippen LogP contribution in [-0.2, 0) is 130 Å². The predicted molar refractivity (Wildman–Crippen MR) is 576 cm³/mol. The highest BCUT2D eigenvalue weighted by atomic mass is 32.1. The number of aromatic nitrogens is 16. The summed E-state index contributed by atoms with van der Waals surface area (Å²) in [5.41, 5.74) is 62.2. The van der Waals surface area contributed by atoms with Crippen molar-refractivity contribution >= 4 is 77.8 Å². The highest BCUT2D eigenvalue weighted by Gasteiger charge is 2.36. The molecule has 30 heteroatoms. The number of nitrogens with two attached hydrogens (primary N) is 5. The molecule has 15 N–H and O–H groups in total. The molecule has 20 aromatic rings. The van der Waals surface area contributed by atoms with E-state index in [-0.39, 0.29) is 18.1 Å². The third kappa shape index (κ3) is 22.9. The molecule has 25 rings (SSSR count). The summed E-state index contributed by atoms with van der Waals surface area (Å²) in [6.45, 7) is 10.1. The maximum atomic E-state index is 5.99. The van der Waals surface area contributed by atoms with Crippen LogP contribution < -0.4 is 28.7 Å². The SMILES string of the molecule is NCc1ccoc1CN(Cc1nc2ccccc2[nH]1)C1CCCc2cccnc21.NCc1cocc1CN(Cc1nc2ccccc2[nH]1)C1CCCc2cccnc21.NCc1cscc1CN(Cc1nc2ccccc2[nH]1)C1CCCc2cccnc21.NCc1ncccc1CN(Cc1nc2ccccc2[nH]1)C1CCCc2cccnc21.NCc1sccc1CN(Cc1nc2ccccc2[nH]1)C1CCCc2cccnc21. The molecule has 0 amide bonds. The van der Waals surface area contributed by atoms with Gasteiger partial charge < -0.3 is 62.4 Å². The van der Waals surface area contributed by atoms with E-state index in [1.807, 2.05) is 153 Å². The van der Waals surface area contributed by atoms with Gasteiger partial charge >= 0.3 is 0 Å². The summed E-state index contributed by atoms with van der Waals surface area (Å²) < 4.78 is 11.2. The van der Waals surface area contributed by atoms with E-state index in [2.05, 4.69) is 168 Å². The maximum Gasteiger partial charge on any atom is 0.122 e. The van der Waals surface area contributed by atoms with Gasteiger partial charge in [-0.2, -0.15) is 11.3 Å². The molecule has 0 bridgehead atoms. The number of nitrogens with one attached hydrogen (secondary N) is 5. The number of hydrogen-bond acceptors (Lipinski definition) is 25. The number of para-hydroxylation sites is 10. The van der Waals surface area contributed by atoms with Crippen LogP contribution in [0.1, 0.15) is 235 Å². The molecule has 744 valence electrons. The Balaban J connectivity index is 0.000000107. The van der Waals surface area contributed by atoms with Crippen LogP contribution >= 0.6 is 22.7 Å². The van der Waals surface area contributed by atoms with Crippen molar-refractivity contribution in [2.45, 2.75) is 225 Å². The van der Waals surface area contributed by atoms with E-state index in [0.29, 0.717) is 71.0 Å². The molecular weight excluding hydrogens is 1850 g/mol. The van der Waals surface area contributed by atoms with E-state index in [9.17, 15) is 0 Å². The highest BCUT2D eigenvalue weighted by molar-refractivity contribution is 7.10. The van der Waals surface area contributed by atoms with Gasteiger partial charge in [0, 0.05) is 118 Å². The van der Waals surface area contributed by atoms with Crippen molar-refractivity contribution in [1.82, 2.24) is 104 Å². The molecule has 5 aliphatic rings. The van der Waals surface area contributed by atoms with E-state index < -0.39 is 0 Å². The number of imidazole rings is 5. The molecule has 5 atom stereocenters. The average molecular weight is 1980 g/mol. The Morgan fingerprint density at radius 2 is 0.610 bits per heavy atom. The lowest BCUT2D eigenvalue weighted by molar-refractivity contribution is 0.141. The number of furan rings is 2. The van der Waals surface area contributed by atoms with Gasteiger partial charge in [-0.3, -0.25) is 54.4 Å². The molecule has 0 aliphatic heterocycles. The first-order valence-corrected chi connectivity index (χ1v) is 53.1. The van der Waals surface area contributed by atoms with Crippen molar-refractivity contribution in [1.29, 1.82) is 0 Å². The number of thiophene rings is 2. The Morgan fingerprint density at radius 3 is 0.966 bits per heavy atom. The van der Waals surface area contributed by atoms with Gasteiger partial charge in [0.05, 0.1) is 178 Å². The smallest absolute Gasteiger partial charge is 0.122 e. The number of pyridine rings is 6. The van der Waals surface area contributed by atoms with Crippen LogP contribution in [0.15, 0.2) is 287 Å². The fourth-order valence-electron chi connectivity index (χ4n) is 22.0. The summed E-state index contributed by atoms with van der Waals surface area (Å²) in [5, 5.41) is 6.54. The second-order valence-electron chi connectivity index (χ2n) is 38.5. The number of benzene rings is 5. The Labute approximate surface area is 857 Å². The van der Waals surface area contributed by atoms with Gasteiger partial charge in [-0.1, -0.05) is 97.1 Å². The van der Waals surface area contributed by atoms with Crippen molar-refractivity contribution in [3.8, 4) is 0 Å². The van der Waals surface area contributed by atoms with E-state index in [1.165, 1.54) is 96.3 Å².